The fourth-order valence-electron chi connectivity index (χ4n) is 2.21. The van der Waals surface area contributed by atoms with E-state index in [1.54, 1.807) is 18.9 Å². The van der Waals surface area contributed by atoms with Crippen LogP contribution in [-0.2, 0) is 11.3 Å². The Morgan fingerprint density at radius 3 is 2.21 bits per heavy atom. The highest BCUT2D eigenvalue weighted by Crippen LogP contribution is 2.26. The van der Waals surface area contributed by atoms with Crippen molar-refractivity contribution in [1.29, 1.82) is 0 Å². The zero-order valence-electron chi connectivity index (χ0n) is 14.8. The second-order valence-electron chi connectivity index (χ2n) is 6.56. The molecule has 0 N–H and O–H groups in total. The van der Waals surface area contributed by atoms with Gasteiger partial charge in [-0.1, -0.05) is 51.1 Å². The Morgan fingerprint density at radius 2 is 1.67 bits per heavy atom. The van der Waals surface area contributed by atoms with Gasteiger partial charge in [0.2, 0.25) is 5.91 Å². The summed E-state index contributed by atoms with van der Waals surface area (Å²) in [5, 5.41) is 0. The van der Waals surface area contributed by atoms with Gasteiger partial charge in [-0.15, -0.1) is 11.8 Å². The van der Waals surface area contributed by atoms with E-state index in [1.165, 1.54) is 0 Å². The lowest BCUT2D eigenvalue weighted by Gasteiger charge is -2.25. The number of thioether (sulfide) groups is 1. The third-order valence-electron chi connectivity index (χ3n) is 3.50. The first-order valence-electron chi connectivity index (χ1n) is 8.01. The normalized spacial score (nSPS) is 11.2. The number of benzene rings is 2. The number of hydrogen-bond donors (Lipinski definition) is 0. The molecule has 0 unspecified atom stereocenters. The van der Waals surface area contributed by atoms with Crippen molar-refractivity contribution in [1.82, 2.24) is 0 Å². The van der Waals surface area contributed by atoms with Gasteiger partial charge < -0.3 is 9.64 Å². The molecule has 0 bridgehead atoms. The van der Waals surface area contributed by atoms with Crippen molar-refractivity contribution in [2.45, 2.75) is 32.1 Å². The third-order valence-corrected chi connectivity index (χ3v) is 4.75. The summed E-state index contributed by atoms with van der Waals surface area (Å²) in [4.78, 5) is 14.7. The summed E-state index contributed by atoms with van der Waals surface area (Å²) in [5.74, 6) is 1.36. The third kappa shape index (κ3) is 5.60. The van der Waals surface area contributed by atoms with Crippen LogP contribution in [0, 0.1) is 0 Å². The number of carbonyl (C=O) groups is 1. The molecular formula is C20H25NO2S. The summed E-state index contributed by atoms with van der Waals surface area (Å²) in [5.41, 5.74) is 2.00. The molecule has 0 saturated heterocycles. The summed E-state index contributed by atoms with van der Waals surface area (Å²) >= 11 is 1.67. The average molecular weight is 343 g/mol. The molecule has 3 nitrogen and oxygen atoms in total. The van der Waals surface area contributed by atoms with E-state index < -0.39 is 0 Å². The van der Waals surface area contributed by atoms with Gasteiger partial charge >= 0.3 is 0 Å². The quantitative estimate of drug-likeness (QED) is 0.757. The molecule has 2 rings (SSSR count). The van der Waals surface area contributed by atoms with Crippen molar-refractivity contribution < 1.29 is 9.53 Å². The van der Waals surface area contributed by atoms with Crippen molar-refractivity contribution >= 4 is 23.4 Å². The van der Waals surface area contributed by atoms with Crippen LogP contribution in [-0.4, -0.2) is 23.5 Å². The predicted molar refractivity (Wildman–Crippen MR) is 103 cm³/mol. The maximum Gasteiger partial charge on any atom is 0.237 e. The number of nitrogens with zero attached hydrogens (tertiary/aromatic N) is 1. The monoisotopic (exact) mass is 343 g/mol. The minimum absolute atomic E-state index is 0.0635. The van der Waals surface area contributed by atoms with Crippen LogP contribution in [0.15, 0.2) is 54.6 Å². The fourth-order valence-corrected chi connectivity index (χ4v) is 2.92. The van der Waals surface area contributed by atoms with Gasteiger partial charge in [-0.25, -0.2) is 0 Å². The van der Waals surface area contributed by atoms with E-state index in [0.29, 0.717) is 12.3 Å². The number of amides is 1. The van der Waals surface area contributed by atoms with Crippen LogP contribution in [0.5, 0.6) is 5.75 Å². The lowest BCUT2D eigenvalue weighted by atomic mass is 10.2. The molecule has 0 atom stereocenters. The van der Waals surface area contributed by atoms with Crippen LogP contribution in [0.1, 0.15) is 26.3 Å². The molecule has 0 aliphatic rings. The first kappa shape index (κ1) is 18.4. The standard InChI is InChI=1S/C20H25NO2S/c1-20(2,3)24-15-19(22)21(14-16-8-6-5-7-9-16)17-10-12-18(23-4)13-11-17/h5-13H,14-15H2,1-4H3. The second kappa shape index (κ2) is 8.25. The van der Waals surface area contributed by atoms with E-state index in [4.69, 9.17) is 4.74 Å². The highest BCUT2D eigenvalue weighted by atomic mass is 32.2. The van der Waals surface area contributed by atoms with Gasteiger partial charge in [-0.2, -0.15) is 0 Å². The van der Waals surface area contributed by atoms with E-state index in [0.717, 1.165) is 17.0 Å². The molecule has 0 saturated carbocycles. The molecule has 4 heteroatoms. The van der Waals surface area contributed by atoms with E-state index in [-0.39, 0.29) is 10.7 Å². The summed E-state index contributed by atoms with van der Waals surface area (Å²) in [6.45, 7) is 6.94. The first-order valence-corrected chi connectivity index (χ1v) is 9.00. The molecule has 0 radical (unpaired) electrons. The van der Waals surface area contributed by atoms with Gasteiger partial charge in [0.1, 0.15) is 5.75 Å². The Bertz CT molecular complexity index is 648. The van der Waals surface area contributed by atoms with E-state index in [9.17, 15) is 4.79 Å². The maximum absolute atomic E-state index is 12.8. The number of hydrogen-bond acceptors (Lipinski definition) is 3. The number of rotatable bonds is 6. The maximum atomic E-state index is 12.8. The minimum Gasteiger partial charge on any atom is -0.497 e. The molecule has 2 aromatic carbocycles. The van der Waals surface area contributed by atoms with Crippen LogP contribution < -0.4 is 9.64 Å². The Labute approximate surface area is 149 Å². The van der Waals surface area contributed by atoms with Crippen molar-refractivity contribution in [3.8, 4) is 5.75 Å². The highest BCUT2D eigenvalue weighted by molar-refractivity contribution is 8.01. The molecule has 24 heavy (non-hydrogen) atoms. The van der Waals surface area contributed by atoms with Crippen molar-refractivity contribution in [3.05, 3.63) is 60.2 Å². The predicted octanol–water partition coefficient (Wildman–Crippen LogP) is 4.76. The van der Waals surface area contributed by atoms with Gasteiger partial charge in [0.15, 0.2) is 0 Å². The topological polar surface area (TPSA) is 29.5 Å². The van der Waals surface area contributed by atoms with Crippen LogP contribution in [0.25, 0.3) is 0 Å². The van der Waals surface area contributed by atoms with E-state index >= 15 is 0 Å². The largest absolute Gasteiger partial charge is 0.497 e. The molecule has 0 aromatic heterocycles. The van der Waals surface area contributed by atoms with Crippen LogP contribution >= 0.6 is 11.8 Å². The van der Waals surface area contributed by atoms with Crippen LogP contribution in [0.2, 0.25) is 0 Å². The average Bonchev–Trinajstić information content (AvgIpc) is 2.58. The Balaban J connectivity index is 2.21. The van der Waals surface area contributed by atoms with Crippen molar-refractivity contribution in [2.75, 3.05) is 17.8 Å². The summed E-state index contributed by atoms with van der Waals surface area (Å²) in [6.07, 6.45) is 0. The lowest BCUT2D eigenvalue weighted by molar-refractivity contribution is -0.116. The fraction of sp³-hybridized carbons (Fsp3) is 0.350. The molecule has 0 aliphatic heterocycles. The van der Waals surface area contributed by atoms with Gasteiger partial charge in [0.05, 0.1) is 19.4 Å². The molecule has 0 spiro atoms. The number of methoxy groups -OCH3 is 1. The number of anilines is 1. The minimum atomic E-state index is 0.0635. The highest BCUT2D eigenvalue weighted by Gasteiger charge is 2.20. The van der Waals surface area contributed by atoms with Crippen molar-refractivity contribution in [2.24, 2.45) is 0 Å². The van der Waals surface area contributed by atoms with Gasteiger partial charge in [-0.05, 0) is 29.8 Å². The van der Waals surface area contributed by atoms with E-state index in [2.05, 4.69) is 20.8 Å². The first-order chi connectivity index (χ1) is 11.4. The summed E-state index contributed by atoms with van der Waals surface area (Å²) in [7, 11) is 1.64. The summed E-state index contributed by atoms with van der Waals surface area (Å²) < 4.78 is 5.28. The zero-order chi connectivity index (χ0) is 17.6. The van der Waals surface area contributed by atoms with Gasteiger partial charge in [0, 0.05) is 10.4 Å². The molecule has 128 valence electrons. The molecule has 0 aliphatic carbocycles. The Hall–Kier alpha value is -1.94. The number of carbonyl (C=O) groups excluding carboxylic acids is 1. The summed E-state index contributed by atoms with van der Waals surface area (Å²) in [6, 6.07) is 17.7. The Morgan fingerprint density at radius 1 is 1.04 bits per heavy atom. The van der Waals surface area contributed by atoms with Crippen molar-refractivity contribution in [3.63, 3.8) is 0 Å². The number of ether oxygens (including phenoxy) is 1. The molecule has 0 fully saturated rings. The van der Waals surface area contributed by atoms with Crippen LogP contribution in [0.4, 0.5) is 5.69 Å². The van der Waals surface area contributed by atoms with E-state index in [1.807, 2.05) is 59.5 Å². The second-order valence-corrected chi connectivity index (χ2v) is 8.37. The zero-order valence-corrected chi connectivity index (χ0v) is 15.6. The van der Waals surface area contributed by atoms with Gasteiger partial charge in [0.25, 0.3) is 0 Å². The molecule has 2 aromatic rings. The SMILES string of the molecule is COc1ccc(N(Cc2ccccc2)C(=O)CSC(C)(C)C)cc1. The van der Waals surface area contributed by atoms with Crippen LogP contribution in [0.3, 0.4) is 0 Å². The smallest absolute Gasteiger partial charge is 0.237 e. The Kier molecular flexibility index (Phi) is 6.32. The lowest BCUT2D eigenvalue weighted by Crippen LogP contribution is -2.33. The molecule has 1 amide bonds. The molecule has 0 heterocycles. The molecular weight excluding hydrogens is 318 g/mol. The van der Waals surface area contributed by atoms with Gasteiger partial charge in [-0.3, -0.25) is 4.79 Å².